The molecule has 0 saturated carbocycles. The van der Waals surface area contributed by atoms with E-state index in [0.29, 0.717) is 53.4 Å². The van der Waals surface area contributed by atoms with Gasteiger partial charge in [-0.05, 0) is 38.8 Å². The summed E-state index contributed by atoms with van der Waals surface area (Å²) < 4.78 is 50.8. The molecule has 4 aromatic heterocycles. The summed E-state index contributed by atoms with van der Waals surface area (Å²) in [5.74, 6) is -2.35. The van der Waals surface area contributed by atoms with Gasteiger partial charge in [-0.2, -0.15) is 0 Å². The maximum absolute atomic E-state index is 14.3. The van der Waals surface area contributed by atoms with Crippen molar-refractivity contribution in [2.45, 2.75) is 38.8 Å². The average Bonchev–Trinajstić information content (AvgIpc) is 2.87. The second-order valence-corrected chi connectivity index (χ2v) is 9.41. The Hall–Kier alpha value is -4.02. The molecule has 5 rings (SSSR count). The van der Waals surface area contributed by atoms with Gasteiger partial charge in [-0.15, -0.1) is 0 Å². The number of aryl methyl sites for hydroxylation is 1. The number of nitrogens with zero attached hydrogens (tertiary/aromatic N) is 5. The number of rotatable bonds is 5. The zero-order valence-electron chi connectivity index (χ0n) is 22.2. The molecule has 194 valence electrons. The first-order valence-electron chi connectivity index (χ1n) is 12.5. The van der Waals surface area contributed by atoms with E-state index in [1.807, 2.05) is 12.2 Å². The van der Waals surface area contributed by atoms with Crippen molar-refractivity contribution in [3.05, 3.63) is 98.7 Å². The second kappa shape index (κ2) is 10.0. The van der Waals surface area contributed by atoms with Crippen molar-refractivity contribution in [3.8, 4) is 22.8 Å². The number of hydrogen-bond acceptors (Lipinski definition) is 7. The lowest BCUT2D eigenvalue weighted by molar-refractivity contribution is 0.0688. The fourth-order valence-corrected chi connectivity index (χ4v) is 4.06. The molecular formula is C27H22ClF2N5O3. The lowest BCUT2D eigenvalue weighted by Gasteiger charge is -2.20. The van der Waals surface area contributed by atoms with Crippen molar-refractivity contribution in [2.75, 3.05) is 0 Å². The van der Waals surface area contributed by atoms with E-state index in [4.69, 9.17) is 19.1 Å². The highest BCUT2D eigenvalue weighted by Crippen LogP contribution is 2.30. The Bertz CT molecular complexity index is 1720. The molecule has 0 aromatic carbocycles. The van der Waals surface area contributed by atoms with Gasteiger partial charge in [-0.25, -0.2) is 18.7 Å². The summed E-state index contributed by atoms with van der Waals surface area (Å²) in [6.07, 6.45) is 8.35. The molecule has 11 heteroatoms. The summed E-state index contributed by atoms with van der Waals surface area (Å²) in [5.41, 5.74) is -0.467. The van der Waals surface area contributed by atoms with Crippen LogP contribution >= 0.6 is 11.6 Å². The maximum atomic E-state index is 14.3. The lowest BCUT2D eigenvalue weighted by Crippen LogP contribution is -2.25. The quantitative estimate of drug-likeness (QED) is 0.389. The SMILES string of the molecule is [2H]C([2H])(Oc1cc2n(c(=O)c1Cl)-c1cc(-c3ccnc(C(C)(C)O)n3)ncc1/C=C\CC2)c1ncc(F)cc1F. The first kappa shape index (κ1) is 23.1. The van der Waals surface area contributed by atoms with Gasteiger partial charge in [0.2, 0.25) is 0 Å². The predicted octanol–water partition coefficient (Wildman–Crippen LogP) is 4.78. The van der Waals surface area contributed by atoms with Gasteiger partial charge in [0.1, 0.15) is 34.4 Å². The molecule has 0 aliphatic carbocycles. The molecule has 0 radical (unpaired) electrons. The van der Waals surface area contributed by atoms with Crippen molar-refractivity contribution in [2.24, 2.45) is 0 Å². The number of allylic oxidation sites excluding steroid dienone is 1. The van der Waals surface area contributed by atoms with E-state index in [9.17, 15) is 18.7 Å². The molecule has 0 unspecified atom stereocenters. The Balaban J connectivity index is 1.62. The van der Waals surface area contributed by atoms with E-state index in [-0.39, 0.29) is 11.6 Å². The van der Waals surface area contributed by atoms with E-state index in [1.165, 1.54) is 16.8 Å². The Morgan fingerprint density at radius 1 is 1.18 bits per heavy atom. The Labute approximate surface area is 224 Å². The zero-order valence-corrected chi connectivity index (χ0v) is 21.0. The largest absolute Gasteiger partial charge is 0.485 e. The van der Waals surface area contributed by atoms with Crippen LogP contribution in [-0.2, 0) is 18.6 Å². The molecule has 1 aliphatic rings. The molecule has 1 aliphatic heterocycles. The Kier molecular flexibility index (Phi) is 6.11. The summed E-state index contributed by atoms with van der Waals surface area (Å²) in [6, 6.07) is 5.17. The van der Waals surface area contributed by atoms with Crippen LogP contribution < -0.4 is 10.3 Å². The standard InChI is InChI=1S/C27H22ClF2N5O3/c1-27(2,37)26-31-8-7-19(34-26)20-11-22-15(12-32-20)5-3-4-6-17-10-23(24(28)25(36)35(17)22)38-14-21-18(30)9-16(29)13-33-21/h3,5,7-13,37H,4,6,14H2,1-2H3/b5-3-/i14D2. The van der Waals surface area contributed by atoms with Crippen molar-refractivity contribution < 1.29 is 21.4 Å². The summed E-state index contributed by atoms with van der Waals surface area (Å²) in [4.78, 5) is 30.1. The first-order chi connectivity index (χ1) is 18.8. The van der Waals surface area contributed by atoms with Crippen LogP contribution in [0, 0.1) is 11.6 Å². The molecule has 0 amide bonds. The third-order valence-electron chi connectivity index (χ3n) is 5.74. The van der Waals surface area contributed by atoms with Crippen LogP contribution in [0.25, 0.3) is 23.2 Å². The number of ether oxygens (including phenoxy) is 1. The molecule has 8 nitrogen and oxygen atoms in total. The van der Waals surface area contributed by atoms with Gasteiger partial charge in [-0.1, -0.05) is 23.8 Å². The fourth-order valence-electron chi connectivity index (χ4n) is 3.88. The number of fused-ring (bicyclic) bond motifs is 3. The van der Waals surface area contributed by atoms with E-state index in [2.05, 4.69) is 19.9 Å². The van der Waals surface area contributed by atoms with Gasteiger partial charge in [0.05, 0.1) is 26.0 Å². The Morgan fingerprint density at radius 3 is 2.76 bits per heavy atom. The fraction of sp³-hybridized carbons (Fsp3) is 0.222. The van der Waals surface area contributed by atoms with Gasteiger partial charge in [0, 0.05) is 35.8 Å². The molecule has 38 heavy (non-hydrogen) atoms. The monoisotopic (exact) mass is 539 g/mol. The topological polar surface area (TPSA) is 103 Å². The van der Waals surface area contributed by atoms with Crippen LogP contribution in [0.4, 0.5) is 8.78 Å². The molecule has 0 spiro atoms. The molecule has 5 heterocycles. The minimum absolute atomic E-state index is 0.196. The van der Waals surface area contributed by atoms with Crippen molar-refractivity contribution in [3.63, 3.8) is 0 Å². The van der Waals surface area contributed by atoms with E-state index < -0.39 is 40.1 Å². The average molecular weight is 540 g/mol. The molecule has 4 aromatic rings. The highest BCUT2D eigenvalue weighted by molar-refractivity contribution is 6.31. The van der Waals surface area contributed by atoms with E-state index >= 15 is 0 Å². The summed E-state index contributed by atoms with van der Waals surface area (Å²) in [5, 5.41) is 9.88. The Morgan fingerprint density at radius 2 is 2.00 bits per heavy atom. The van der Waals surface area contributed by atoms with Gasteiger partial charge in [0.25, 0.3) is 5.56 Å². The van der Waals surface area contributed by atoms with Crippen LogP contribution in [-0.4, -0.2) is 29.6 Å². The van der Waals surface area contributed by atoms with Gasteiger partial charge < -0.3 is 9.84 Å². The van der Waals surface area contributed by atoms with Crippen LogP contribution in [0.2, 0.25) is 5.02 Å². The van der Waals surface area contributed by atoms with Crippen LogP contribution in [0.3, 0.4) is 0 Å². The molecule has 0 bridgehead atoms. The van der Waals surface area contributed by atoms with Crippen LogP contribution in [0.1, 0.15) is 45.8 Å². The minimum Gasteiger partial charge on any atom is -0.485 e. The van der Waals surface area contributed by atoms with Crippen LogP contribution in [0.15, 0.2) is 53.7 Å². The number of hydrogen-bond donors (Lipinski definition) is 1. The molecule has 0 atom stereocenters. The third kappa shape index (κ3) is 5.05. The van der Waals surface area contributed by atoms with Crippen LogP contribution in [0.5, 0.6) is 5.75 Å². The third-order valence-corrected chi connectivity index (χ3v) is 6.09. The number of halogens is 3. The highest BCUT2D eigenvalue weighted by atomic mass is 35.5. The molecule has 0 fully saturated rings. The van der Waals surface area contributed by atoms with Crippen molar-refractivity contribution >= 4 is 17.7 Å². The second-order valence-electron chi connectivity index (χ2n) is 9.04. The number of aliphatic hydroxyl groups is 1. The molecular weight excluding hydrogens is 516 g/mol. The highest BCUT2D eigenvalue weighted by Gasteiger charge is 2.22. The minimum atomic E-state index is -2.87. The molecule has 1 N–H and O–H groups in total. The first-order valence-corrected chi connectivity index (χ1v) is 11.9. The van der Waals surface area contributed by atoms with E-state index in [0.717, 1.165) is 0 Å². The number of pyridine rings is 3. The number of aromatic nitrogens is 5. The van der Waals surface area contributed by atoms with Gasteiger partial charge >= 0.3 is 0 Å². The van der Waals surface area contributed by atoms with Crippen molar-refractivity contribution in [1.29, 1.82) is 0 Å². The van der Waals surface area contributed by atoms with Crippen molar-refractivity contribution in [1.82, 2.24) is 24.5 Å². The van der Waals surface area contributed by atoms with Gasteiger partial charge in [-0.3, -0.25) is 19.3 Å². The maximum Gasteiger partial charge on any atom is 0.277 e. The lowest BCUT2D eigenvalue weighted by atomic mass is 10.1. The molecule has 0 saturated heterocycles. The van der Waals surface area contributed by atoms with Gasteiger partial charge in [0.15, 0.2) is 11.6 Å². The summed E-state index contributed by atoms with van der Waals surface area (Å²) in [7, 11) is 0. The summed E-state index contributed by atoms with van der Waals surface area (Å²) in [6.45, 7) is 0.255. The van der Waals surface area contributed by atoms with E-state index in [1.54, 1.807) is 32.2 Å². The normalized spacial score (nSPS) is 14.9. The smallest absolute Gasteiger partial charge is 0.277 e. The zero-order chi connectivity index (χ0) is 28.8. The predicted molar refractivity (Wildman–Crippen MR) is 137 cm³/mol. The summed E-state index contributed by atoms with van der Waals surface area (Å²) >= 11 is 6.40.